The second-order valence-electron chi connectivity index (χ2n) is 4.35. The van der Waals surface area contributed by atoms with Gasteiger partial charge in [-0.3, -0.25) is 4.79 Å². The summed E-state index contributed by atoms with van der Waals surface area (Å²) in [5, 5.41) is 18.3. The Morgan fingerprint density at radius 2 is 1.94 bits per heavy atom. The number of carboxylic acids is 1. The van der Waals surface area contributed by atoms with E-state index in [1.54, 1.807) is 0 Å². The van der Waals surface area contributed by atoms with Crippen molar-refractivity contribution in [1.29, 1.82) is 0 Å². The molecule has 3 nitrogen and oxygen atoms in total. The number of rotatable bonds is 4. The first-order valence-corrected chi connectivity index (χ1v) is 5.72. The number of aryl methyl sites for hydroxylation is 3. The van der Waals surface area contributed by atoms with Crippen molar-refractivity contribution >= 4 is 5.97 Å². The molecule has 1 aliphatic rings. The fraction of sp³-hybridized carbons (Fsp3) is 0.462. The van der Waals surface area contributed by atoms with Gasteiger partial charge in [-0.25, -0.2) is 0 Å². The molecule has 0 amide bonds. The molecule has 0 saturated heterocycles. The number of phenolic OH excluding ortho intramolecular Hbond substituents is 1. The van der Waals surface area contributed by atoms with Gasteiger partial charge in [0.05, 0.1) is 0 Å². The third-order valence-corrected chi connectivity index (χ3v) is 3.13. The number of phenols is 1. The molecular weight excluding hydrogens is 204 g/mol. The molecule has 0 aromatic heterocycles. The van der Waals surface area contributed by atoms with Gasteiger partial charge in [0.1, 0.15) is 5.75 Å². The lowest BCUT2D eigenvalue weighted by molar-refractivity contribution is -0.137. The largest absolute Gasteiger partial charge is 0.508 e. The SMILES string of the molecule is O=C(O)CCCc1cc2c(cc1O)CCC2. The van der Waals surface area contributed by atoms with Gasteiger partial charge in [-0.1, -0.05) is 6.07 Å². The van der Waals surface area contributed by atoms with E-state index in [0.717, 1.165) is 24.8 Å². The molecule has 1 aliphatic carbocycles. The molecule has 16 heavy (non-hydrogen) atoms. The summed E-state index contributed by atoms with van der Waals surface area (Å²) in [6, 6.07) is 3.89. The van der Waals surface area contributed by atoms with Crippen molar-refractivity contribution in [3.8, 4) is 5.75 Å². The first kappa shape index (κ1) is 11.0. The van der Waals surface area contributed by atoms with Crippen LogP contribution in [0.2, 0.25) is 0 Å². The number of carbonyl (C=O) groups is 1. The molecule has 0 aliphatic heterocycles. The Hall–Kier alpha value is -1.51. The minimum atomic E-state index is -0.777. The lowest BCUT2D eigenvalue weighted by atomic mass is 10.0. The van der Waals surface area contributed by atoms with Crippen molar-refractivity contribution in [2.45, 2.75) is 38.5 Å². The zero-order chi connectivity index (χ0) is 11.5. The summed E-state index contributed by atoms with van der Waals surface area (Å²) in [7, 11) is 0. The normalized spacial score (nSPS) is 13.8. The summed E-state index contributed by atoms with van der Waals surface area (Å²) in [6.07, 6.45) is 4.69. The Bertz CT molecular complexity index is 410. The molecule has 1 aromatic rings. The highest BCUT2D eigenvalue weighted by Crippen LogP contribution is 2.29. The zero-order valence-corrected chi connectivity index (χ0v) is 9.20. The average Bonchev–Trinajstić information content (AvgIpc) is 2.64. The van der Waals surface area contributed by atoms with Crippen LogP contribution in [-0.4, -0.2) is 16.2 Å². The Labute approximate surface area is 94.7 Å². The first-order valence-electron chi connectivity index (χ1n) is 5.72. The summed E-state index contributed by atoms with van der Waals surface area (Å²) in [5.41, 5.74) is 3.46. The van der Waals surface area contributed by atoms with Crippen LogP contribution >= 0.6 is 0 Å². The fourth-order valence-electron chi connectivity index (χ4n) is 2.29. The van der Waals surface area contributed by atoms with Crippen molar-refractivity contribution in [1.82, 2.24) is 0 Å². The molecule has 0 heterocycles. The van der Waals surface area contributed by atoms with Crippen molar-refractivity contribution in [3.05, 3.63) is 28.8 Å². The molecule has 86 valence electrons. The zero-order valence-electron chi connectivity index (χ0n) is 9.20. The highest BCUT2D eigenvalue weighted by Gasteiger charge is 2.14. The van der Waals surface area contributed by atoms with Crippen LogP contribution in [0.15, 0.2) is 12.1 Å². The summed E-state index contributed by atoms with van der Waals surface area (Å²) < 4.78 is 0. The number of hydrogen-bond acceptors (Lipinski definition) is 2. The van der Waals surface area contributed by atoms with Gasteiger partial charge in [-0.05, 0) is 54.9 Å². The third kappa shape index (κ3) is 2.35. The van der Waals surface area contributed by atoms with Crippen molar-refractivity contribution in [2.24, 2.45) is 0 Å². The van der Waals surface area contributed by atoms with Crippen LogP contribution in [0.25, 0.3) is 0 Å². The number of carboxylic acid groups (broad SMARTS) is 1. The Morgan fingerprint density at radius 1 is 1.25 bits per heavy atom. The highest BCUT2D eigenvalue weighted by atomic mass is 16.4. The molecule has 0 bridgehead atoms. The van der Waals surface area contributed by atoms with E-state index in [2.05, 4.69) is 0 Å². The van der Waals surface area contributed by atoms with Gasteiger partial charge in [-0.2, -0.15) is 0 Å². The van der Waals surface area contributed by atoms with E-state index in [4.69, 9.17) is 5.11 Å². The van der Waals surface area contributed by atoms with Crippen LogP contribution in [0.1, 0.15) is 36.0 Å². The van der Waals surface area contributed by atoms with Gasteiger partial charge >= 0.3 is 5.97 Å². The van der Waals surface area contributed by atoms with E-state index in [9.17, 15) is 9.90 Å². The monoisotopic (exact) mass is 220 g/mol. The molecule has 0 atom stereocenters. The number of fused-ring (bicyclic) bond motifs is 1. The minimum absolute atomic E-state index is 0.163. The van der Waals surface area contributed by atoms with Gasteiger partial charge < -0.3 is 10.2 Å². The number of aromatic hydroxyl groups is 1. The number of benzene rings is 1. The molecule has 0 unspecified atom stereocenters. The maximum Gasteiger partial charge on any atom is 0.303 e. The lowest BCUT2D eigenvalue weighted by Crippen LogP contribution is -1.97. The van der Waals surface area contributed by atoms with Crippen LogP contribution in [0.3, 0.4) is 0 Å². The smallest absolute Gasteiger partial charge is 0.303 e. The highest BCUT2D eigenvalue weighted by molar-refractivity contribution is 5.66. The topological polar surface area (TPSA) is 57.5 Å². The predicted octanol–water partition coefficient (Wildman–Crippen LogP) is 2.29. The number of aliphatic carboxylic acids is 1. The van der Waals surface area contributed by atoms with E-state index in [1.807, 2.05) is 12.1 Å². The van der Waals surface area contributed by atoms with Gasteiger partial charge in [0.2, 0.25) is 0 Å². The van der Waals surface area contributed by atoms with Crippen LogP contribution in [-0.2, 0) is 24.1 Å². The van der Waals surface area contributed by atoms with Crippen LogP contribution in [0, 0.1) is 0 Å². The fourth-order valence-corrected chi connectivity index (χ4v) is 2.29. The Kier molecular flexibility index (Phi) is 3.13. The van der Waals surface area contributed by atoms with Crippen LogP contribution in [0.5, 0.6) is 5.75 Å². The summed E-state index contributed by atoms with van der Waals surface area (Å²) in [6.45, 7) is 0. The first-order chi connectivity index (χ1) is 7.66. The van der Waals surface area contributed by atoms with Crippen LogP contribution < -0.4 is 0 Å². The second-order valence-corrected chi connectivity index (χ2v) is 4.35. The van der Waals surface area contributed by atoms with Gasteiger partial charge in [0, 0.05) is 6.42 Å². The molecule has 2 rings (SSSR count). The van der Waals surface area contributed by atoms with Crippen molar-refractivity contribution < 1.29 is 15.0 Å². The molecule has 1 aromatic carbocycles. The summed E-state index contributed by atoms with van der Waals surface area (Å²) >= 11 is 0. The van der Waals surface area contributed by atoms with Gasteiger partial charge in [0.25, 0.3) is 0 Å². The standard InChI is InChI=1S/C13H16O3/c14-12-8-10-4-1-3-9(10)7-11(12)5-2-6-13(15)16/h7-8,14H,1-6H2,(H,15,16). The molecule has 0 saturated carbocycles. The molecular formula is C13H16O3. The molecule has 2 N–H and O–H groups in total. The van der Waals surface area contributed by atoms with E-state index in [-0.39, 0.29) is 6.42 Å². The maximum absolute atomic E-state index is 10.4. The van der Waals surface area contributed by atoms with Crippen LogP contribution in [0.4, 0.5) is 0 Å². The molecule has 0 spiro atoms. The molecule has 0 radical (unpaired) electrons. The maximum atomic E-state index is 10.4. The quantitative estimate of drug-likeness (QED) is 0.818. The van der Waals surface area contributed by atoms with Crippen molar-refractivity contribution in [2.75, 3.05) is 0 Å². The van der Waals surface area contributed by atoms with Crippen molar-refractivity contribution in [3.63, 3.8) is 0 Å². The minimum Gasteiger partial charge on any atom is -0.508 e. The third-order valence-electron chi connectivity index (χ3n) is 3.13. The van der Waals surface area contributed by atoms with E-state index >= 15 is 0 Å². The van der Waals surface area contributed by atoms with Gasteiger partial charge in [-0.15, -0.1) is 0 Å². The predicted molar refractivity (Wildman–Crippen MR) is 60.7 cm³/mol. The summed E-state index contributed by atoms with van der Waals surface area (Å²) in [5.74, 6) is -0.452. The Balaban J connectivity index is 2.06. The van der Waals surface area contributed by atoms with E-state index < -0.39 is 5.97 Å². The molecule has 3 heteroatoms. The van der Waals surface area contributed by atoms with E-state index in [1.165, 1.54) is 11.1 Å². The van der Waals surface area contributed by atoms with Gasteiger partial charge in [0.15, 0.2) is 0 Å². The van der Waals surface area contributed by atoms with E-state index in [0.29, 0.717) is 18.6 Å². The average molecular weight is 220 g/mol. The second kappa shape index (κ2) is 4.56. The summed E-state index contributed by atoms with van der Waals surface area (Å²) in [4.78, 5) is 10.4. The Morgan fingerprint density at radius 3 is 2.62 bits per heavy atom. The lowest BCUT2D eigenvalue weighted by Gasteiger charge is -2.07. The molecule has 0 fully saturated rings. The number of hydrogen-bond donors (Lipinski definition) is 2.